The Balaban J connectivity index is 1.74. The summed E-state index contributed by atoms with van der Waals surface area (Å²) in [4.78, 5) is 24.8. The van der Waals surface area contributed by atoms with Gasteiger partial charge in [-0.05, 0) is 66.2 Å². The van der Waals surface area contributed by atoms with E-state index < -0.39 is 11.9 Å². The van der Waals surface area contributed by atoms with Crippen LogP contribution in [0.2, 0.25) is 10.0 Å². The highest BCUT2D eigenvalue weighted by Gasteiger charge is 2.12. The molecule has 3 aromatic carbocycles. The highest BCUT2D eigenvalue weighted by atomic mass is 35.5. The van der Waals surface area contributed by atoms with E-state index in [-0.39, 0.29) is 16.3 Å². The number of nitrogens with zero attached hydrogens (tertiary/aromatic N) is 1. The number of amides is 1. The van der Waals surface area contributed by atoms with Crippen LogP contribution in [0.25, 0.3) is 6.08 Å². The lowest BCUT2D eigenvalue weighted by Gasteiger charge is -2.07. The maximum atomic E-state index is 12.5. The van der Waals surface area contributed by atoms with Gasteiger partial charge in [0.1, 0.15) is 23.1 Å². The average Bonchev–Trinajstić information content (AvgIpc) is 2.80. The zero-order valence-corrected chi connectivity index (χ0v) is 18.3. The minimum atomic E-state index is -0.619. The Morgan fingerprint density at radius 3 is 2.38 bits per heavy atom. The quantitative estimate of drug-likeness (QED) is 0.215. The summed E-state index contributed by atoms with van der Waals surface area (Å²) in [5.74, 6) is -0.281. The predicted molar refractivity (Wildman–Crippen MR) is 123 cm³/mol. The molecule has 160 valence electrons. The van der Waals surface area contributed by atoms with E-state index in [4.69, 9.17) is 32.7 Å². The smallest absolute Gasteiger partial charge is 0.343 e. The second-order valence-electron chi connectivity index (χ2n) is 6.44. The minimum Gasteiger partial charge on any atom is -0.497 e. The molecule has 6 nitrogen and oxygen atoms in total. The Morgan fingerprint density at radius 2 is 1.72 bits per heavy atom. The molecule has 0 atom stereocenters. The van der Waals surface area contributed by atoms with E-state index in [1.54, 1.807) is 54.6 Å². The number of ether oxygens (including phenoxy) is 2. The molecular formula is C24H16Cl2N2O4. The maximum Gasteiger partial charge on any atom is 0.343 e. The summed E-state index contributed by atoms with van der Waals surface area (Å²) in [5.41, 5.74) is 1.11. The summed E-state index contributed by atoms with van der Waals surface area (Å²) in [6, 6.07) is 19.4. The van der Waals surface area contributed by atoms with E-state index >= 15 is 0 Å². The molecule has 3 aromatic rings. The van der Waals surface area contributed by atoms with Gasteiger partial charge in [0.05, 0.1) is 22.7 Å². The molecule has 0 spiro atoms. The number of rotatable bonds is 6. The molecule has 0 radical (unpaired) electrons. The number of nitriles is 1. The van der Waals surface area contributed by atoms with Crippen LogP contribution in [0, 0.1) is 11.3 Å². The van der Waals surface area contributed by atoms with Crippen LogP contribution in [0.3, 0.4) is 0 Å². The number of carbonyl (C=O) groups is 2. The van der Waals surface area contributed by atoms with Crippen LogP contribution in [0.1, 0.15) is 15.9 Å². The van der Waals surface area contributed by atoms with Crippen molar-refractivity contribution < 1.29 is 19.1 Å². The third kappa shape index (κ3) is 5.88. The molecule has 1 amide bonds. The molecule has 0 unspecified atom stereocenters. The van der Waals surface area contributed by atoms with Crippen molar-refractivity contribution in [2.75, 3.05) is 12.4 Å². The molecule has 0 aliphatic rings. The number of anilines is 1. The SMILES string of the molecule is COc1ccc(C(=O)Oc2cccc(/C=C(\C#N)C(=O)Nc3ccc(Cl)c(Cl)c3)c2)cc1. The van der Waals surface area contributed by atoms with Gasteiger partial charge in [-0.1, -0.05) is 35.3 Å². The first-order valence-electron chi connectivity index (χ1n) is 9.24. The van der Waals surface area contributed by atoms with Crippen molar-refractivity contribution in [1.29, 1.82) is 5.26 Å². The van der Waals surface area contributed by atoms with Gasteiger partial charge in [-0.15, -0.1) is 0 Å². The van der Waals surface area contributed by atoms with E-state index in [1.807, 2.05) is 6.07 Å². The van der Waals surface area contributed by atoms with Crippen LogP contribution in [-0.2, 0) is 4.79 Å². The lowest BCUT2D eigenvalue weighted by molar-refractivity contribution is -0.112. The van der Waals surface area contributed by atoms with E-state index in [1.165, 1.54) is 25.3 Å². The number of methoxy groups -OCH3 is 1. The number of nitrogens with one attached hydrogen (secondary N) is 1. The molecule has 3 rings (SSSR count). The van der Waals surface area contributed by atoms with Gasteiger partial charge in [0.2, 0.25) is 0 Å². The summed E-state index contributed by atoms with van der Waals surface area (Å²) in [6.45, 7) is 0. The summed E-state index contributed by atoms with van der Waals surface area (Å²) in [7, 11) is 1.53. The van der Waals surface area contributed by atoms with Crippen LogP contribution < -0.4 is 14.8 Å². The van der Waals surface area contributed by atoms with Crippen LogP contribution in [0.15, 0.2) is 72.3 Å². The van der Waals surface area contributed by atoms with Crippen LogP contribution in [0.4, 0.5) is 5.69 Å². The number of benzene rings is 3. The summed E-state index contributed by atoms with van der Waals surface area (Å²) in [6.07, 6.45) is 1.39. The van der Waals surface area contributed by atoms with Gasteiger partial charge in [-0.3, -0.25) is 4.79 Å². The maximum absolute atomic E-state index is 12.5. The van der Waals surface area contributed by atoms with Crippen LogP contribution >= 0.6 is 23.2 Å². The van der Waals surface area contributed by atoms with E-state index in [0.717, 1.165) is 0 Å². The third-order valence-corrected chi connectivity index (χ3v) is 4.99. The van der Waals surface area contributed by atoms with Gasteiger partial charge in [-0.25, -0.2) is 4.79 Å². The van der Waals surface area contributed by atoms with Crippen molar-refractivity contribution in [3.63, 3.8) is 0 Å². The average molecular weight is 467 g/mol. The molecular weight excluding hydrogens is 451 g/mol. The number of hydrogen-bond acceptors (Lipinski definition) is 5. The molecule has 0 bridgehead atoms. The van der Waals surface area contributed by atoms with Gasteiger partial charge in [0, 0.05) is 5.69 Å². The predicted octanol–water partition coefficient (Wildman–Crippen LogP) is 5.77. The Morgan fingerprint density at radius 1 is 0.969 bits per heavy atom. The highest BCUT2D eigenvalue weighted by Crippen LogP contribution is 2.25. The molecule has 0 aromatic heterocycles. The van der Waals surface area contributed by atoms with E-state index in [9.17, 15) is 14.9 Å². The topological polar surface area (TPSA) is 88.4 Å². The van der Waals surface area contributed by atoms with E-state index in [2.05, 4.69) is 5.32 Å². The van der Waals surface area contributed by atoms with Crippen molar-refractivity contribution in [2.24, 2.45) is 0 Å². The summed E-state index contributed by atoms with van der Waals surface area (Å²) >= 11 is 11.8. The van der Waals surface area contributed by atoms with Crippen molar-refractivity contribution in [2.45, 2.75) is 0 Å². The molecule has 0 saturated heterocycles. The normalized spacial score (nSPS) is 10.8. The molecule has 0 heterocycles. The Kier molecular flexibility index (Phi) is 7.50. The van der Waals surface area contributed by atoms with Crippen LogP contribution in [0.5, 0.6) is 11.5 Å². The Hall–Kier alpha value is -3.79. The van der Waals surface area contributed by atoms with Crippen molar-refractivity contribution in [1.82, 2.24) is 0 Å². The van der Waals surface area contributed by atoms with Gasteiger partial charge in [0.15, 0.2) is 0 Å². The lowest BCUT2D eigenvalue weighted by atomic mass is 10.1. The van der Waals surface area contributed by atoms with Crippen molar-refractivity contribution >= 4 is 46.8 Å². The fourth-order valence-corrected chi connectivity index (χ4v) is 2.95. The molecule has 8 heteroatoms. The van der Waals surface area contributed by atoms with E-state index in [0.29, 0.717) is 27.6 Å². The standard InChI is InChI=1S/C24H16Cl2N2O4/c1-31-19-8-5-16(6-9-19)24(30)32-20-4-2-3-15(12-20)11-17(14-27)23(29)28-18-7-10-21(25)22(26)13-18/h2-13H,1H3,(H,28,29)/b17-11+. The zero-order valence-electron chi connectivity index (χ0n) is 16.8. The third-order valence-electron chi connectivity index (χ3n) is 4.25. The van der Waals surface area contributed by atoms with Gasteiger partial charge in [0.25, 0.3) is 5.91 Å². The molecule has 32 heavy (non-hydrogen) atoms. The largest absolute Gasteiger partial charge is 0.497 e. The van der Waals surface area contributed by atoms with Crippen LogP contribution in [-0.4, -0.2) is 19.0 Å². The molecule has 0 saturated carbocycles. The first-order chi connectivity index (χ1) is 15.4. The lowest BCUT2D eigenvalue weighted by Crippen LogP contribution is -2.13. The monoisotopic (exact) mass is 466 g/mol. The fraction of sp³-hybridized carbons (Fsp3) is 0.0417. The molecule has 0 aliphatic carbocycles. The van der Waals surface area contributed by atoms with Gasteiger partial charge < -0.3 is 14.8 Å². The summed E-state index contributed by atoms with van der Waals surface area (Å²) in [5, 5.41) is 12.6. The minimum absolute atomic E-state index is 0.144. The first-order valence-corrected chi connectivity index (χ1v) is 9.99. The van der Waals surface area contributed by atoms with Gasteiger partial charge in [-0.2, -0.15) is 5.26 Å². The summed E-state index contributed by atoms with van der Waals surface area (Å²) < 4.78 is 10.5. The number of esters is 1. The number of halogens is 2. The van der Waals surface area contributed by atoms with Crippen molar-refractivity contribution in [3.05, 3.63) is 93.5 Å². The molecule has 1 N–H and O–H groups in total. The first kappa shape index (κ1) is 22.9. The van der Waals surface area contributed by atoms with Crippen molar-refractivity contribution in [3.8, 4) is 17.6 Å². The second-order valence-corrected chi connectivity index (χ2v) is 7.26. The molecule has 0 aliphatic heterocycles. The second kappa shape index (κ2) is 10.5. The fourth-order valence-electron chi connectivity index (χ4n) is 2.65. The Bertz CT molecular complexity index is 1230. The van der Waals surface area contributed by atoms with Gasteiger partial charge >= 0.3 is 5.97 Å². The zero-order chi connectivity index (χ0) is 23.1. The number of carbonyl (C=O) groups excluding carboxylic acids is 2. The number of hydrogen-bond donors (Lipinski definition) is 1. The highest BCUT2D eigenvalue weighted by molar-refractivity contribution is 6.42. The molecule has 0 fully saturated rings. The Labute approximate surface area is 194 Å².